The first kappa shape index (κ1) is 13.6. The van der Waals surface area contributed by atoms with Crippen molar-refractivity contribution in [2.75, 3.05) is 0 Å². The Bertz CT molecular complexity index is 555. The molecule has 0 aliphatic heterocycles. The molecule has 0 spiro atoms. The molecular weight excluding hydrogens is 274 g/mol. The second kappa shape index (κ2) is 5.54. The fourth-order valence-corrected chi connectivity index (χ4v) is 3.24. The fraction of sp³-hybridized carbons (Fsp3) is 0.467. The minimum atomic E-state index is -0.908. The lowest BCUT2D eigenvalue weighted by molar-refractivity contribution is -0.0286. The molecule has 106 valence electrons. The standard InChI is InChI=1S/C15H18ClN3O/c16-13-7-5-12(6-8-13)15(20)9-3-1-2-4-14(15)19-11-17-10-18-19/h5-8,10-11,14,20H,1-4,9H2/t14-,15+/m0/s1. The predicted octanol–water partition coefficient (Wildman–Crippen LogP) is 3.32. The highest BCUT2D eigenvalue weighted by molar-refractivity contribution is 6.30. The van der Waals surface area contributed by atoms with Gasteiger partial charge in [-0.3, -0.25) is 0 Å². The summed E-state index contributed by atoms with van der Waals surface area (Å²) in [7, 11) is 0. The molecule has 1 fully saturated rings. The number of halogens is 1. The van der Waals surface area contributed by atoms with Gasteiger partial charge in [-0.05, 0) is 30.5 Å². The van der Waals surface area contributed by atoms with Gasteiger partial charge in [0.05, 0.1) is 6.04 Å². The quantitative estimate of drug-likeness (QED) is 0.864. The Hall–Kier alpha value is -1.39. The largest absolute Gasteiger partial charge is 0.383 e. The van der Waals surface area contributed by atoms with Crippen molar-refractivity contribution in [2.45, 2.75) is 43.7 Å². The van der Waals surface area contributed by atoms with Crippen LogP contribution in [0.25, 0.3) is 0 Å². The molecule has 5 heteroatoms. The monoisotopic (exact) mass is 291 g/mol. The van der Waals surface area contributed by atoms with Crippen LogP contribution >= 0.6 is 11.6 Å². The van der Waals surface area contributed by atoms with Crippen molar-refractivity contribution < 1.29 is 5.11 Å². The van der Waals surface area contributed by atoms with Gasteiger partial charge < -0.3 is 5.11 Å². The van der Waals surface area contributed by atoms with E-state index in [2.05, 4.69) is 10.1 Å². The molecule has 1 saturated carbocycles. The predicted molar refractivity (Wildman–Crippen MR) is 77.5 cm³/mol. The van der Waals surface area contributed by atoms with E-state index >= 15 is 0 Å². The second-order valence-electron chi connectivity index (χ2n) is 5.42. The van der Waals surface area contributed by atoms with Gasteiger partial charge in [-0.25, -0.2) is 9.67 Å². The molecule has 1 aliphatic carbocycles. The maximum atomic E-state index is 11.3. The summed E-state index contributed by atoms with van der Waals surface area (Å²) >= 11 is 5.95. The minimum Gasteiger partial charge on any atom is -0.383 e. The van der Waals surface area contributed by atoms with Crippen LogP contribution < -0.4 is 0 Å². The van der Waals surface area contributed by atoms with Gasteiger partial charge in [0.1, 0.15) is 18.3 Å². The zero-order chi connectivity index (χ0) is 14.0. The summed E-state index contributed by atoms with van der Waals surface area (Å²) in [4.78, 5) is 4.02. The Morgan fingerprint density at radius 1 is 1.20 bits per heavy atom. The first-order valence-corrected chi connectivity index (χ1v) is 7.40. The lowest BCUT2D eigenvalue weighted by Crippen LogP contribution is -2.36. The van der Waals surface area contributed by atoms with Crippen molar-refractivity contribution in [3.8, 4) is 0 Å². The molecule has 1 aromatic heterocycles. The van der Waals surface area contributed by atoms with E-state index in [1.165, 1.54) is 6.33 Å². The third kappa shape index (κ3) is 2.45. The summed E-state index contributed by atoms with van der Waals surface area (Å²) in [6.45, 7) is 0. The molecule has 0 radical (unpaired) electrons. The summed E-state index contributed by atoms with van der Waals surface area (Å²) in [5, 5.41) is 16.2. The van der Waals surface area contributed by atoms with Gasteiger partial charge in [-0.2, -0.15) is 5.10 Å². The highest BCUT2D eigenvalue weighted by atomic mass is 35.5. The maximum Gasteiger partial charge on any atom is 0.137 e. The summed E-state index contributed by atoms with van der Waals surface area (Å²) < 4.78 is 1.79. The summed E-state index contributed by atoms with van der Waals surface area (Å²) in [5.74, 6) is 0. The molecule has 2 atom stereocenters. The van der Waals surface area contributed by atoms with E-state index in [-0.39, 0.29) is 6.04 Å². The summed E-state index contributed by atoms with van der Waals surface area (Å²) in [6.07, 6.45) is 8.11. The number of aromatic nitrogens is 3. The third-order valence-electron chi connectivity index (χ3n) is 4.19. The van der Waals surface area contributed by atoms with E-state index < -0.39 is 5.60 Å². The normalized spacial score (nSPS) is 27.2. The van der Waals surface area contributed by atoms with Crippen LogP contribution in [0, 0.1) is 0 Å². The number of rotatable bonds is 2. The SMILES string of the molecule is O[C@@]1(c2ccc(Cl)cc2)CCCCC[C@@H]1n1cncn1. The molecule has 1 N–H and O–H groups in total. The molecule has 0 amide bonds. The molecule has 0 unspecified atom stereocenters. The Kier molecular flexibility index (Phi) is 3.76. The van der Waals surface area contributed by atoms with Crippen LogP contribution in [0.4, 0.5) is 0 Å². The van der Waals surface area contributed by atoms with Crippen molar-refractivity contribution in [1.82, 2.24) is 14.8 Å². The van der Waals surface area contributed by atoms with Gasteiger partial charge in [0.15, 0.2) is 0 Å². The molecule has 1 heterocycles. The average molecular weight is 292 g/mol. The van der Waals surface area contributed by atoms with Crippen LogP contribution in [0.2, 0.25) is 5.02 Å². The van der Waals surface area contributed by atoms with Crippen molar-refractivity contribution in [1.29, 1.82) is 0 Å². The van der Waals surface area contributed by atoms with Crippen molar-refractivity contribution in [2.24, 2.45) is 0 Å². The van der Waals surface area contributed by atoms with Crippen molar-refractivity contribution >= 4 is 11.6 Å². The van der Waals surface area contributed by atoms with Crippen molar-refractivity contribution in [3.05, 3.63) is 47.5 Å². The van der Waals surface area contributed by atoms with Gasteiger partial charge in [-0.1, -0.05) is 43.0 Å². The van der Waals surface area contributed by atoms with Crippen LogP contribution in [0.5, 0.6) is 0 Å². The van der Waals surface area contributed by atoms with Crippen LogP contribution in [-0.4, -0.2) is 19.9 Å². The topological polar surface area (TPSA) is 50.9 Å². The maximum absolute atomic E-state index is 11.3. The van der Waals surface area contributed by atoms with Gasteiger partial charge in [0, 0.05) is 5.02 Å². The highest BCUT2D eigenvalue weighted by Crippen LogP contribution is 2.43. The zero-order valence-electron chi connectivity index (χ0n) is 11.2. The lowest BCUT2D eigenvalue weighted by Gasteiger charge is -2.35. The van der Waals surface area contributed by atoms with Crippen LogP contribution in [0.3, 0.4) is 0 Å². The molecule has 20 heavy (non-hydrogen) atoms. The van der Waals surface area contributed by atoms with Crippen LogP contribution in [-0.2, 0) is 5.60 Å². The molecule has 0 bridgehead atoms. The molecular formula is C15H18ClN3O. The van der Waals surface area contributed by atoms with Gasteiger partial charge in [0.2, 0.25) is 0 Å². The molecule has 0 saturated heterocycles. The Morgan fingerprint density at radius 2 is 2.00 bits per heavy atom. The van der Waals surface area contributed by atoms with Gasteiger partial charge >= 0.3 is 0 Å². The summed E-state index contributed by atoms with van der Waals surface area (Å²) in [5.41, 5.74) is -0.00119. The highest BCUT2D eigenvalue weighted by Gasteiger charge is 2.40. The Labute approximate surface area is 123 Å². The molecule has 3 rings (SSSR count). The Morgan fingerprint density at radius 3 is 2.70 bits per heavy atom. The van der Waals surface area contributed by atoms with E-state index in [4.69, 9.17) is 11.6 Å². The van der Waals surface area contributed by atoms with Crippen LogP contribution in [0.1, 0.15) is 43.7 Å². The minimum absolute atomic E-state index is 0.0753. The molecule has 1 aromatic carbocycles. The van der Waals surface area contributed by atoms with E-state index in [0.717, 1.165) is 37.7 Å². The van der Waals surface area contributed by atoms with Gasteiger partial charge in [0.25, 0.3) is 0 Å². The number of aliphatic hydroxyl groups is 1. The fourth-order valence-electron chi connectivity index (χ4n) is 3.12. The average Bonchev–Trinajstić information content (AvgIpc) is 2.90. The van der Waals surface area contributed by atoms with Gasteiger partial charge in [-0.15, -0.1) is 0 Å². The second-order valence-corrected chi connectivity index (χ2v) is 5.86. The first-order chi connectivity index (χ1) is 9.70. The zero-order valence-corrected chi connectivity index (χ0v) is 12.0. The van der Waals surface area contributed by atoms with E-state index in [1.807, 2.05) is 24.3 Å². The molecule has 4 nitrogen and oxygen atoms in total. The molecule has 1 aliphatic rings. The van der Waals surface area contributed by atoms with E-state index in [0.29, 0.717) is 5.02 Å². The number of hydrogen-bond donors (Lipinski definition) is 1. The van der Waals surface area contributed by atoms with E-state index in [9.17, 15) is 5.11 Å². The molecule has 2 aromatic rings. The van der Waals surface area contributed by atoms with E-state index in [1.54, 1.807) is 11.0 Å². The van der Waals surface area contributed by atoms with Crippen LogP contribution in [0.15, 0.2) is 36.9 Å². The smallest absolute Gasteiger partial charge is 0.137 e. The number of hydrogen-bond acceptors (Lipinski definition) is 3. The Balaban J connectivity index is 2.02. The summed E-state index contributed by atoms with van der Waals surface area (Å²) in [6, 6.07) is 7.42. The van der Waals surface area contributed by atoms with Crippen molar-refractivity contribution in [3.63, 3.8) is 0 Å². The lowest BCUT2D eigenvalue weighted by atomic mass is 9.82. The third-order valence-corrected chi connectivity index (χ3v) is 4.44. The number of nitrogens with zero attached hydrogens (tertiary/aromatic N) is 3. The number of benzene rings is 1. The first-order valence-electron chi connectivity index (χ1n) is 7.03.